The van der Waals surface area contributed by atoms with Crippen LogP contribution >= 0.6 is 0 Å². The molecule has 0 saturated heterocycles. The maximum atomic E-state index is 10.4. The highest BCUT2D eigenvalue weighted by Crippen LogP contribution is 2.14. The maximum absolute atomic E-state index is 10.4. The van der Waals surface area contributed by atoms with Gasteiger partial charge in [0.2, 0.25) is 0 Å². The minimum Gasteiger partial charge on any atom is -0.481 e. The minimum atomic E-state index is -0.651. The lowest BCUT2D eigenvalue weighted by molar-refractivity contribution is -0.137. The monoisotopic (exact) mass is 398 g/mol. The van der Waals surface area contributed by atoms with Crippen molar-refractivity contribution in [1.82, 2.24) is 0 Å². The third kappa shape index (κ3) is 32.8. The lowest BCUT2D eigenvalue weighted by Crippen LogP contribution is -1.93. The molecule has 0 saturated carbocycles. The number of carboxylic acids is 1. The van der Waals surface area contributed by atoms with Crippen LogP contribution in [0.25, 0.3) is 0 Å². The van der Waals surface area contributed by atoms with Crippen molar-refractivity contribution in [3.63, 3.8) is 0 Å². The first-order valence-corrected chi connectivity index (χ1v) is 12.1. The Morgan fingerprint density at radius 1 is 0.643 bits per heavy atom. The number of rotatable bonds is 21. The SMILES string of the molecule is C=CCO.CCCCCCCCCCCCCCCCCCCCCC(=O)O. The molecule has 3 heteroatoms. The predicted molar refractivity (Wildman–Crippen MR) is 123 cm³/mol. The van der Waals surface area contributed by atoms with Crippen molar-refractivity contribution >= 4 is 5.97 Å². The van der Waals surface area contributed by atoms with Gasteiger partial charge in [0.25, 0.3) is 0 Å². The number of aliphatic hydroxyl groups excluding tert-OH is 1. The van der Waals surface area contributed by atoms with Gasteiger partial charge in [-0.25, -0.2) is 0 Å². The molecule has 0 atom stereocenters. The van der Waals surface area contributed by atoms with Crippen LogP contribution in [0.3, 0.4) is 0 Å². The van der Waals surface area contributed by atoms with E-state index >= 15 is 0 Å². The molecule has 0 bridgehead atoms. The fourth-order valence-electron chi connectivity index (χ4n) is 3.35. The van der Waals surface area contributed by atoms with Crippen LogP contribution in [0.5, 0.6) is 0 Å². The normalized spacial score (nSPS) is 10.4. The van der Waals surface area contributed by atoms with E-state index in [1.54, 1.807) is 0 Å². The zero-order valence-corrected chi connectivity index (χ0v) is 18.9. The zero-order chi connectivity index (χ0) is 21.1. The van der Waals surface area contributed by atoms with Gasteiger partial charge >= 0.3 is 5.97 Å². The summed E-state index contributed by atoms with van der Waals surface area (Å²) in [5.41, 5.74) is 0. The molecule has 3 nitrogen and oxygen atoms in total. The number of carbonyl (C=O) groups is 1. The lowest BCUT2D eigenvalue weighted by atomic mass is 10.0. The summed E-state index contributed by atoms with van der Waals surface area (Å²) < 4.78 is 0. The highest BCUT2D eigenvalue weighted by atomic mass is 16.4. The van der Waals surface area contributed by atoms with E-state index in [1.165, 1.54) is 115 Å². The van der Waals surface area contributed by atoms with Crippen molar-refractivity contribution in [3.8, 4) is 0 Å². The van der Waals surface area contributed by atoms with Gasteiger partial charge in [-0.3, -0.25) is 4.79 Å². The minimum absolute atomic E-state index is 0.0833. The molecular formula is C25H50O3. The van der Waals surface area contributed by atoms with Gasteiger partial charge in [0.1, 0.15) is 0 Å². The molecule has 0 aromatic carbocycles. The van der Waals surface area contributed by atoms with Gasteiger partial charge in [-0.1, -0.05) is 129 Å². The smallest absolute Gasteiger partial charge is 0.303 e. The molecule has 0 aliphatic rings. The van der Waals surface area contributed by atoms with Crippen LogP contribution in [0.15, 0.2) is 12.7 Å². The molecule has 0 aliphatic heterocycles. The van der Waals surface area contributed by atoms with Gasteiger partial charge < -0.3 is 10.2 Å². The first-order valence-electron chi connectivity index (χ1n) is 12.1. The molecule has 0 aromatic heterocycles. The second-order valence-corrected chi connectivity index (χ2v) is 7.98. The van der Waals surface area contributed by atoms with Crippen LogP contribution in [-0.4, -0.2) is 22.8 Å². The second kappa shape index (κ2) is 28.4. The van der Waals surface area contributed by atoms with Crippen LogP contribution in [0, 0.1) is 0 Å². The van der Waals surface area contributed by atoms with Crippen LogP contribution in [0.2, 0.25) is 0 Å². The van der Waals surface area contributed by atoms with E-state index in [0.29, 0.717) is 6.42 Å². The summed E-state index contributed by atoms with van der Waals surface area (Å²) in [6.07, 6.45) is 27.5. The second-order valence-electron chi connectivity index (χ2n) is 7.98. The van der Waals surface area contributed by atoms with Crippen molar-refractivity contribution in [3.05, 3.63) is 12.7 Å². The van der Waals surface area contributed by atoms with Gasteiger partial charge in [0.05, 0.1) is 6.61 Å². The molecule has 2 N–H and O–H groups in total. The Labute approximate surface area is 176 Å². The molecule has 0 aromatic rings. The quantitative estimate of drug-likeness (QED) is 0.152. The molecule has 0 spiro atoms. The Morgan fingerprint density at radius 3 is 1.11 bits per heavy atom. The van der Waals surface area contributed by atoms with Crippen molar-refractivity contribution < 1.29 is 15.0 Å². The Morgan fingerprint density at radius 2 is 0.893 bits per heavy atom. The fourth-order valence-corrected chi connectivity index (χ4v) is 3.35. The molecule has 28 heavy (non-hydrogen) atoms. The van der Waals surface area contributed by atoms with Crippen molar-refractivity contribution in [2.45, 2.75) is 135 Å². The summed E-state index contributed by atoms with van der Waals surface area (Å²) in [7, 11) is 0. The van der Waals surface area contributed by atoms with Crippen molar-refractivity contribution in [1.29, 1.82) is 0 Å². The van der Waals surface area contributed by atoms with Gasteiger partial charge in [-0.2, -0.15) is 0 Å². The van der Waals surface area contributed by atoms with Gasteiger partial charge in [-0.15, -0.1) is 6.58 Å². The Kier molecular flexibility index (Phi) is 29.8. The third-order valence-electron chi connectivity index (χ3n) is 5.12. The first kappa shape index (κ1) is 29.4. The number of aliphatic hydroxyl groups is 1. The Hall–Kier alpha value is -0.830. The summed E-state index contributed by atoms with van der Waals surface area (Å²) in [6, 6.07) is 0. The molecule has 0 fully saturated rings. The maximum Gasteiger partial charge on any atom is 0.303 e. The fraction of sp³-hybridized carbons (Fsp3) is 0.880. The van der Waals surface area contributed by atoms with Gasteiger partial charge in [-0.05, 0) is 6.42 Å². The molecular weight excluding hydrogens is 348 g/mol. The van der Waals surface area contributed by atoms with E-state index in [2.05, 4.69) is 13.5 Å². The topological polar surface area (TPSA) is 57.5 Å². The Balaban J connectivity index is 0. The van der Waals surface area contributed by atoms with Crippen molar-refractivity contribution in [2.75, 3.05) is 6.61 Å². The molecule has 168 valence electrons. The molecule has 0 rings (SSSR count). The largest absolute Gasteiger partial charge is 0.481 e. The average Bonchev–Trinajstić information content (AvgIpc) is 2.69. The summed E-state index contributed by atoms with van der Waals surface area (Å²) >= 11 is 0. The summed E-state index contributed by atoms with van der Waals surface area (Å²) in [6.45, 7) is 5.60. The van der Waals surface area contributed by atoms with Crippen LogP contribution in [0.4, 0.5) is 0 Å². The van der Waals surface area contributed by atoms with E-state index in [4.69, 9.17) is 10.2 Å². The highest BCUT2D eigenvalue weighted by molar-refractivity contribution is 5.66. The van der Waals surface area contributed by atoms with E-state index in [1.807, 2.05) is 0 Å². The van der Waals surface area contributed by atoms with Crippen LogP contribution in [0.1, 0.15) is 135 Å². The highest BCUT2D eigenvalue weighted by Gasteiger charge is 1.97. The summed E-state index contributed by atoms with van der Waals surface area (Å²) in [4.78, 5) is 10.4. The summed E-state index contributed by atoms with van der Waals surface area (Å²) in [5.74, 6) is -0.651. The van der Waals surface area contributed by atoms with Crippen molar-refractivity contribution in [2.24, 2.45) is 0 Å². The average molecular weight is 399 g/mol. The molecule has 0 amide bonds. The molecule has 0 radical (unpaired) electrons. The number of hydrogen-bond acceptors (Lipinski definition) is 2. The van der Waals surface area contributed by atoms with Crippen LogP contribution in [-0.2, 0) is 4.79 Å². The number of aliphatic carboxylic acids is 1. The number of unbranched alkanes of at least 4 members (excludes halogenated alkanes) is 18. The number of hydrogen-bond donors (Lipinski definition) is 2. The van der Waals surface area contributed by atoms with Gasteiger partial charge in [0.15, 0.2) is 0 Å². The Bertz CT molecular complexity index is 302. The number of carboxylic acid groups (broad SMARTS) is 1. The first-order chi connectivity index (χ1) is 13.7. The zero-order valence-electron chi connectivity index (χ0n) is 18.9. The third-order valence-corrected chi connectivity index (χ3v) is 5.12. The lowest BCUT2D eigenvalue weighted by Gasteiger charge is -2.03. The standard InChI is InChI=1S/C22H44O2.C3H6O/c1-2-3-4-5-6-7-8-9-10-11-12-13-14-15-16-17-18-19-20-21-22(23)24;1-2-3-4/h2-21H2,1H3,(H,23,24);2,4H,1,3H2. The van der Waals surface area contributed by atoms with E-state index in [0.717, 1.165) is 12.8 Å². The van der Waals surface area contributed by atoms with E-state index in [-0.39, 0.29) is 6.61 Å². The molecule has 0 unspecified atom stereocenters. The molecule has 0 heterocycles. The van der Waals surface area contributed by atoms with E-state index < -0.39 is 5.97 Å². The predicted octanol–water partition coefficient (Wildman–Crippen LogP) is 8.06. The summed E-state index contributed by atoms with van der Waals surface area (Å²) in [5, 5.41) is 16.3. The van der Waals surface area contributed by atoms with E-state index in [9.17, 15) is 4.79 Å². The van der Waals surface area contributed by atoms with Gasteiger partial charge in [0, 0.05) is 6.42 Å². The van der Waals surface area contributed by atoms with Crippen LogP contribution < -0.4 is 0 Å². The molecule has 0 aliphatic carbocycles.